The Morgan fingerprint density at radius 1 is 1.33 bits per heavy atom. The van der Waals surface area contributed by atoms with Gasteiger partial charge in [-0.2, -0.15) is 0 Å². The number of rotatable bonds is 5. The monoisotopic (exact) mass is 336 g/mol. The third-order valence-electron chi connectivity index (χ3n) is 4.06. The molecule has 0 amide bonds. The topological polar surface area (TPSA) is 85.3 Å². The number of sulfonamides is 1. The van der Waals surface area contributed by atoms with Gasteiger partial charge in [0.15, 0.2) is 0 Å². The highest BCUT2D eigenvalue weighted by Crippen LogP contribution is 2.27. The van der Waals surface area contributed by atoms with E-state index >= 15 is 0 Å². The zero-order chi connectivity index (χ0) is 14.8. The third kappa shape index (κ3) is 4.45. The molecule has 0 radical (unpaired) electrons. The van der Waals surface area contributed by atoms with Crippen LogP contribution in [-0.2, 0) is 10.0 Å². The molecule has 1 atom stereocenters. The molecule has 21 heavy (non-hydrogen) atoms. The fraction of sp³-hybridized carbons (Fsp3) is 0.714. The van der Waals surface area contributed by atoms with Gasteiger partial charge in [-0.05, 0) is 38.7 Å². The summed E-state index contributed by atoms with van der Waals surface area (Å²) in [6.07, 6.45) is 5.65. The van der Waals surface area contributed by atoms with Crippen LogP contribution in [0.1, 0.15) is 43.6 Å². The fourth-order valence-electron chi connectivity index (χ4n) is 3.01. The second-order valence-electron chi connectivity index (χ2n) is 5.64. The lowest BCUT2D eigenvalue weighted by Gasteiger charge is -2.29. The average molecular weight is 337 g/mol. The van der Waals surface area contributed by atoms with Crippen molar-refractivity contribution >= 4 is 22.4 Å². The molecule has 1 aromatic rings. The van der Waals surface area contributed by atoms with Crippen LogP contribution in [0.15, 0.2) is 15.4 Å². The molecule has 0 aromatic carbocycles. The van der Waals surface area contributed by atoms with E-state index < -0.39 is 10.0 Å². The summed E-state index contributed by atoms with van der Waals surface area (Å²) in [6.45, 7) is 3.74. The Kier molecular flexibility index (Phi) is 6.71. The molecule has 122 valence electrons. The Morgan fingerprint density at radius 2 is 1.95 bits per heavy atom. The summed E-state index contributed by atoms with van der Waals surface area (Å²) in [4.78, 5) is 0.226. The quantitative estimate of drug-likeness (QED) is 0.865. The van der Waals surface area contributed by atoms with Crippen molar-refractivity contribution in [3.63, 3.8) is 0 Å². The Morgan fingerprint density at radius 3 is 2.43 bits per heavy atom. The number of nitrogens with two attached hydrogens (primary N) is 1. The van der Waals surface area contributed by atoms with Crippen LogP contribution < -0.4 is 10.5 Å². The zero-order valence-electron chi connectivity index (χ0n) is 12.6. The zero-order valence-corrected chi connectivity index (χ0v) is 14.2. The van der Waals surface area contributed by atoms with Crippen molar-refractivity contribution in [2.75, 3.05) is 6.54 Å². The van der Waals surface area contributed by atoms with E-state index in [0.29, 0.717) is 24.0 Å². The predicted octanol–water partition coefficient (Wildman–Crippen LogP) is 2.50. The third-order valence-corrected chi connectivity index (χ3v) is 5.66. The highest BCUT2D eigenvalue weighted by Gasteiger charge is 2.29. The van der Waals surface area contributed by atoms with Crippen molar-refractivity contribution in [2.24, 2.45) is 11.7 Å². The van der Waals surface area contributed by atoms with Gasteiger partial charge in [0.25, 0.3) is 0 Å². The highest BCUT2D eigenvalue weighted by atomic mass is 35.5. The SMILES string of the molecule is Cc1cc(S(=O)(=O)NC(CN)C2CCCCC2)c(C)o1.Cl. The Hall–Kier alpha value is -0.560. The molecule has 1 fully saturated rings. The highest BCUT2D eigenvalue weighted by molar-refractivity contribution is 7.89. The van der Waals surface area contributed by atoms with Crippen LogP contribution in [-0.4, -0.2) is 21.0 Å². The van der Waals surface area contributed by atoms with Crippen molar-refractivity contribution in [3.8, 4) is 0 Å². The first-order valence-electron chi connectivity index (χ1n) is 7.23. The van der Waals surface area contributed by atoms with E-state index in [1.807, 2.05) is 0 Å². The van der Waals surface area contributed by atoms with Crippen molar-refractivity contribution in [2.45, 2.75) is 56.9 Å². The molecule has 0 saturated heterocycles. The van der Waals surface area contributed by atoms with Crippen LogP contribution in [0, 0.1) is 19.8 Å². The lowest BCUT2D eigenvalue weighted by molar-refractivity contribution is 0.294. The van der Waals surface area contributed by atoms with Gasteiger partial charge in [-0.3, -0.25) is 0 Å². The van der Waals surface area contributed by atoms with Crippen molar-refractivity contribution in [1.82, 2.24) is 4.72 Å². The minimum atomic E-state index is -3.55. The number of nitrogens with one attached hydrogen (secondary N) is 1. The number of aryl methyl sites for hydroxylation is 2. The van der Waals surface area contributed by atoms with Gasteiger partial charge in [-0.25, -0.2) is 13.1 Å². The summed E-state index contributed by atoms with van der Waals surface area (Å²) >= 11 is 0. The summed E-state index contributed by atoms with van der Waals surface area (Å²) in [5.74, 6) is 1.37. The lowest BCUT2D eigenvalue weighted by atomic mass is 9.84. The summed E-state index contributed by atoms with van der Waals surface area (Å²) in [6, 6.07) is 1.38. The summed E-state index contributed by atoms with van der Waals surface area (Å²) in [5, 5.41) is 0. The molecule has 2 rings (SSSR count). The number of halogens is 1. The molecular weight excluding hydrogens is 312 g/mol. The van der Waals surface area contributed by atoms with Gasteiger partial charge in [0, 0.05) is 12.6 Å². The summed E-state index contributed by atoms with van der Waals surface area (Å²) in [7, 11) is -3.55. The van der Waals surface area contributed by atoms with Crippen molar-refractivity contribution in [3.05, 3.63) is 17.6 Å². The maximum Gasteiger partial charge on any atom is 0.244 e. The van der Waals surface area contributed by atoms with Gasteiger partial charge in [0.1, 0.15) is 16.4 Å². The predicted molar refractivity (Wildman–Crippen MR) is 85.2 cm³/mol. The fourth-order valence-corrected chi connectivity index (χ4v) is 4.57. The van der Waals surface area contributed by atoms with Crippen molar-refractivity contribution < 1.29 is 12.8 Å². The van der Waals surface area contributed by atoms with E-state index in [1.165, 1.54) is 6.42 Å². The summed E-state index contributed by atoms with van der Waals surface area (Å²) in [5.41, 5.74) is 5.78. The lowest BCUT2D eigenvalue weighted by Crippen LogP contribution is -2.45. The maximum atomic E-state index is 12.5. The molecule has 7 heteroatoms. The first kappa shape index (κ1) is 18.5. The normalized spacial score (nSPS) is 18.2. The van der Waals surface area contributed by atoms with E-state index in [0.717, 1.165) is 25.7 Å². The summed E-state index contributed by atoms with van der Waals surface area (Å²) < 4.78 is 33.0. The Labute approximate surface area is 133 Å². The Bertz CT molecular complexity index is 551. The maximum absolute atomic E-state index is 12.5. The van der Waals surface area contributed by atoms with Gasteiger partial charge in [-0.15, -0.1) is 12.4 Å². The smallest absolute Gasteiger partial charge is 0.244 e. The van der Waals surface area contributed by atoms with Gasteiger partial charge in [0.2, 0.25) is 10.0 Å². The van der Waals surface area contributed by atoms with Crippen LogP contribution in [0.4, 0.5) is 0 Å². The largest absolute Gasteiger partial charge is 0.465 e. The molecule has 1 saturated carbocycles. The Balaban J connectivity index is 0.00000220. The van der Waals surface area contributed by atoms with Gasteiger partial charge >= 0.3 is 0 Å². The molecule has 0 bridgehead atoms. The standard InChI is InChI=1S/C14H24N2O3S.ClH/c1-10-8-14(11(2)19-10)20(17,18)16-13(9-15)12-6-4-3-5-7-12;/h8,12-13,16H,3-7,9,15H2,1-2H3;1H. The van der Waals surface area contributed by atoms with E-state index in [4.69, 9.17) is 10.2 Å². The first-order chi connectivity index (χ1) is 9.44. The molecule has 0 spiro atoms. The van der Waals surface area contributed by atoms with E-state index in [-0.39, 0.29) is 23.3 Å². The second-order valence-corrected chi connectivity index (χ2v) is 7.32. The average Bonchev–Trinajstić information content (AvgIpc) is 2.77. The molecule has 1 aliphatic rings. The minimum Gasteiger partial charge on any atom is -0.465 e. The molecular formula is C14H25ClN2O3S. The number of hydrogen-bond acceptors (Lipinski definition) is 4. The molecule has 1 aliphatic carbocycles. The number of hydrogen-bond donors (Lipinski definition) is 2. The number of furan rings is 1. The molecule has 3 N–H and O–H groups in total. The van der Waals surface area contributed by atoms with Gasteiger partial charge < -0.3 is 10.2 Å². The molecule has 1 heterocycles. The molecule has 0 aliphatic heterocycles. The molecule has 1 aromatic heterocycles. The van der Waals surface area contributed by atoms with Crippen LogP contribution in [0.25, 0.3) is 0 Å². The van der Waals surface area contributed by atoms with Gasteiger partial charge in [0.05, 0.1) is 0 Å². The van der Waals surface area contributed by atoms with E-state index in [1.54, 1.807) is 19.9 Å². The second kappa shape index (κ2) is 7.63. The molecule has 5 nitrogen and oxygen atoms in total. The van der Waals surface area contributed by atoms with Crippen LogP contribution in [0.2, 0.25) is 0 Å². The van der Waals surface area contributed by atoms with Crippen molar-refractivity contribution in [1.29, 1.82) is 0 Å². The molecule has 1 unspecified atom stereocenters. The van der Waals surface area contributed by atoms with E-state index in [9.17, 15) is 8.42 Å². The van der Waals surface area contributed by atoms with E-state index in [2.05, 4.69) is 4.72 Å². The van der Waals surface area contributed by atoms with Gasteiger partial charge in [-0.1, -0.05) is 19.3 Å². The van der Waals surface area contributed by atoms with Crippen LogP contribution in [0.3, 0.4) is 0 Å². The van der Waals surface area contributed by atoms with Crippen LogP contribution >= 0.6 is 12.4 Å². The van der Waals surface area contributed by atoms with Crippen LogP contribution in [0.5, 0.6) is 0 Å². The first-order valence-corrected chi connectivity index (χ1v) is 8.72. The minimum absolute atomic E-state index is 0.